The molecule has 0 fully saturated rings. The minimum absolute atomic E-state index is 0.00799. The fourth-order valence-electron chi connectivity index (χ4n) is 2.15. The van der Waals surface area contributed by atoms with E-state index in [1.165, 1.54) is 6.92 Å². The fraction of sp³-hybridized carbons (Fsp3) is 0.500. The molecule has 0 aliphatic carbocycles. The molecular formula is C14H17Cl2FO4S. The number of aromatic carboxylic acids is 1. The van der Waals surface area contributed by atoms with E-state index in [4.69, 9.17) is 23.2 Å². The zero-order valence-electron chi connectivity index (χ0n) is 12.4. The lowest BCUT2D eigenvalue weighted by Crippen LogP contribution is -2.24. The summed E-state index contributed by atoms with van der Waals surface area (Å²) in [4.78, 5) is 10.9. The maximum absolute atomic E-state index is 14.0. The van der Waals surface area contributed by atoms with Crippen molar-refractivity contribution >= 4 is 39.0 Å². The lowest BCUT2D eigenvalue weighted by atomic mass is 10.0. The van der Waals surface area contributed by atoms with E-state index in [0.717, 1.165) is 12.1 Å². The van der Waals surface area contributed by atoms with Crippen LogP contribution in [0.15, 0.2) is 17.0 Å². The molecule has 0 heterocycles. The van der Waals surface area contributed by atoms with Crippen molar-refractivity contribution in [3.05, 3.63) is 28.8 Å². The second kappa shape index (κ2) is 6.72. The lowest BCUT2D eigenvalue weighted by molar-refractivity contribution is 0.0695. The van der Waals surface area contributed by atoms with E-state index < -0.39 is 36.1 Å². The number of hydrogen-bond donors (Lipinski definition) is 1. The minimum Gasteiger partial charge on any atom is -0.478 e. The van der Waals surface area contributed by atoms with Crippen LogP contribution in [0, 0.1) is 0 Å². The van der Waals surface area contributed by atoms with Gasteiger partial charge in [0.05, 0.1) is 15.7 Å². The van der Waals surface area contributed by atoms with Crippen molar-refractivity contribution in [2.75, 3.05) is 0 Å². The van der Waals surface area contributed by atoms with Crippen LogP contribution in [-0.4, -0.2) is 24.7 Å². The first-order chi connectivity index (χ1) is 9.98. The van der Waals surface area contributed by atoms with E-state index in [1.54, 1.807) is 13.8 Å². The number of rotatable bonds is 6. The summed E-state index contributed by atoms with van der Waals surface area (Å²) in [6.45, 7) is 4.72. The molecule has 0 aliphatic heterocycles. The van der Waals surface area contributed by atoms with Crippen molar-refractivity contribution in [1.29, 1.82) is 0 Å². The Morgan fingerprint density at radius 3 is 2.27 bits per heavy atom. The van der Waals surface area contributed by atoms with Crippen LogP contribution in [0.1, 0.15) is 48.7 Å². The van der Waals surface area contributed by atoms with E-state index in [2.05, 4.69) is 0 Å². The zero-order valence-corrected chi connectivity index (χ0v) is 14.7. The Bertz CT molecular complexity index is 681. The monoisotopic (exact) mass is 370 g/mol. The molecule has 1 rings (SSSR count). The molecule has 0 bridgehead atoms. The lowest BCUT2D eigenvalue weighted by Gasteiger charge is -2.22. The SMILES string of the molecule is CCc1c(C(=O)O)ccc(C(F)(Cl)Cl)c1S(=O)(=O)[C@H](C)CC. The maximum atomic E-state index is 14.0. The minimum atomic E-state index is -3.97. The Labute approximate surface area is 139 Å². The second-order valence-electron chi connectivity index (χ2n) is 4.89. The van der Waals surface area contributed by atoms with Crippen molar-refractivity contribution in [1.82, 2.24) is 0 Å². The highest BCUT2D eigenvalue weighted by molar-refractivity contribution is 7.92. The molecule has 4 nitrogen and oxygen atoms in total. The van der Waals surface area contributed by atoms with Gasteiger partial charge in [-0.25, -0.2) is 17.6 Å². The first kappa shape index (κ1) is 19.2. The summed E-state index contributed by atoms with van der Waals surface area (Å²) in [5.41, 5.74) is -0.641. The number of halogens is 3. The molecule has 8 heteroatoms. The molecule has 22 heavy (non-hydrogen) atoms. The molecular weight excluding hydrogens is 354 g/mol. The highest BCUT2D eigenvalue weighted by Crippen LogP contribution is 2.42. The molecule has 0 saturated carbocycles. The molecule has 0 saturated heterocycles. The summed E-state index contributed by atoms with van der Waals surface area (Å²) in [6.07, 6.45) is 0.371. The van der Waals surface area contributed by atoms with Crippen molar-refractivity contribution in [2.45, 2.75) is 48.3 Å². The number of carboxylic acid groups (broad SMARTS) is 1. The predicted molar refractivity (Wildman–Crippen MR) is 84.2 cm³/mol. The first-order valence-corrected chi connectivity index (χ1v) is 8.98. The van der Waals surface area contributed by atoms with Gasteiger partial charge in [0.25, 0.3) is 4.59 Å². The molecule has 0 spiro atoms. The van der Waals surface area contributed by atoms with Gasteiger partial charge in [0.15, 0.2) is 9.84 Å². The van der Waals surface area contributed by atoms with Crippen LogP contribution in [0.3, 0.4) is 0 Å². The van der Waals surface area contributed by atoms with Crippen LogP contribution in [0.2, 0.25) is 0 Å². The Kier molecular flexibility index (Phi) is 5.87. The van der Waals surface area contributed by atoms with E-state index in [1.807, 2.05) is 0 Å². The summed E-state index contributed by atoms with van der Waals surface area (Å²) in [7, 11) is -3.97. The van der Waals surface area contributed by atoms with Gasteiger partial charge in [-0.2, -0.15) is 0 Å². The topological polar surface area (TPSA) is 71.4 Å². The van der Waals surface area contributed by atoms with Crippen molar-refractivity contribution < 1.29 is 22.7 Å². The predicted octanol–water partition coefficient (Wildman–Crippen LogP) is 4.08. The van der Waals surface area contributed by atoms with E-state index >= 15 is 0 Å². The summed E-state index contributed by atoms with van der Waals surface area (Å²) in [6, 6.07) is 2.13. The Hall–Kier alpha value is -0.850. The number of benzene rings is 1. The molecule has 0 aliphatic rings. The molecule has 1 aromatic rings. The second-order valence-corrected chi connectivity index (χ2v) is 8.43. The smallest absolute Gasteiger partial charge is 0.336 e. The van der Waals surface area contributed by atoms with Crippen molar-refractivity contribution in [3.63, 3.8) is 0 Å². The molecule has 0 radical (unpaired) electrons. The van der Waals surface area contributed by atoms with Gasteiger partial charge < -0.3 is 5.11 Å². The van der Waals surface area contributed by atoms with Crippen LogP contribution in [-0.2, 0) is 20.8 Å². The summed E-state index contributed by atoms with van der Waals surface area (Å²) < 4.78 is 36.5. The van der Waals surface area contributed by atoms with Gasteiger partial charge in [0.1, 0.15) is 0 Å². The quantitative estimate of drug-likeness (QED) is 0.765. The highest BCUT2D eigenvalue weighted by atomic mass is 35.5. The largest absolute Gasteiger partial charge is 0.478 e. The van der Waals surface area contributed by atoms with Crippen LogP contribution in [0.5, 0.6) is 0 Å². The summed E-state index contributed by atoms with van der Waals surface area (Å²) in [5, 5.41) is 8.40. The Morgan fingerprint density at radius 1 is 1.36 bits per heavy atom. The van der Waals surface area contributed by atoms with Crippen LogP contribution in [0.4, 0.5) is 4.39 Å². The number of sulfone groups is 1. The fourth-order valence-corrected chi connectivity index (χ4v) is 4.53. The van der Waals surface area contributed by atoms with Gasteiger partial charge in [-0.05, 0) is 31.4 Å². The van der Waals surface area contributed by atoms with Crippen LogP contribution < -0.4 is 0 Å². The third kappa shape index (κ3) is 3.55. The molecule has 1 N–H and O–H groups in total. The van der Waals surface area contributed by atoms with E-state index in [-0.39, 0.29) is 24.0 Å². The van der Waals surface area contributed by atoms with Crippen LogP contribution in [0.25, 0.3) is 0 Å². The van der Waals surface area contributed by atoms with Gasteiger partial charge in [0, 0.05) is 5.56 Å². The molecule has 0 unspecified atom stereocenters. The highest BCUT2D eigenvalue weighted by Gasteiger charge is 2.38. The number of hydrogen-bond acceptors (Lipinski definition) is 3. The van der Waals surface area contributed by atoms with Gasteiger partial charge in [-0.15, -0.1) is 0 Å². The molecule has 124 valence electrons. The Balaban J connectivity index is 3.92. The van der Waals surface area contributed by atoms with E-state index in [9.17, 15) is 22.7 Å². The number of carbonyl (C=O) groups is 1. The molecule has 1 aromatic carbocycles. The average Bonchev–Trinajstić information content (AvgIpc) is 2.43. The molecule has 0 amide bonds. The Morgan fingerprint density at radius 2 is 1.91 bits per heavy atom. The van der Waals surface area contributed by atoms with Gasteiger partial charge in [-0.1, -0.05) is 43.1 Å². The van der Waals surface area contributed by atoms with Crippen molar-refractivity contribution in [2.24, 2.45) is 0 Å². The number of alkyl halides is 3. The summed E-state index contributed by atoms with van der Waals surface area (Å²) >= 11 is 10.9. The molecule has 1 atom stereocenters. The van der Waals surface area contributed by atoms with E-state index in [0.29, 0.717) is 0 Å². The zero-order chi connectivity index (χ0) is 17.3. The third-order valence-electron chi connectivity index (χ3n) is 3.54. The summed E-state index contributed by atoms with van der Waals surface area (Å²) in [5.74, 6) is -1.29. The van der Waals surface area contributed by atoms with Crippen molar-refractivity contribution in [3.8, 4) is 0 Å². The third-order valence-corrected chi connectivity index (χ3v) is 6.37. The number of carboxylic acids is 1. The van der Waals surface area contributed by atoms with Gasteiger partial charge in [-0.3, -0.25) is 0 Å². The maximum Gasteiger partial charge on any atom is 0.336 e. The van der Waals surface area contributed by atoms with Crippen LogP contribution >= 0.6 is 23.2 Å². The standard InChI is InChI=1S/C14H17Cl2FO4S/c1-4-8(3)22(20,21)12-9(5-2)10(13(18)19)6-7-11(12)14(15,16)17/h6-8H,4-5H2,1-3H3,(H,18,19)/t8-/m1/s1. The van der Waals surface area contributed by atoms with Gasteiger partial charge >= 0.3 is 5.97 Å². The normalized spacial score (nSPS) is 13.9. The molecule has 0 aromatic heterocycles. The average molecular weight is 371 g/mol. The first-order valence-electron chi connectivity index (χ1n) is 6.68. The van der Waals surface area contributed by atoms with Gasteiger partial charge in [0.2, 0.25) is 0 Å².